The molecule has 5 nitrogen and oxygen atoms in total. The monoisotopic (exact) mass is 251 g/mol. The SMILES string of the molecule is CNC1COc2cc(OC(C)C(=O)OC)ccc21. The average Bonchev–Trinajstić information content (AvgIpc) is 2.79. The standard InChI is InChI=1S/C13H17NO4/c1-8(13(15)16-3)18-9-4-5-10-11(14-2)7-17-12(10)6-9/h4-6,8,11,14H,7H2,1-3H3. The lowest BCUT2D eigenvalue weighted by molar-refractivity contribution is -0.147. The number of likely N-dealkylation sites (N-methyl/N-ethyl adjacent to an activating group) is 1. The Morgan fingerprint density at radius 3 is 3.00 bits per heavy atom. The third-order valence-corrected chi connectivity index (χ3v) is 2.96. The Morgan fingerprint density at radius 1 is 1.56 bits per heavy atom. The van der Waals surface area contributed by atoms with Crippen LogP contribution in [0, 0.1) is 0 Å². The molecule has 0 bridgehead atoms. The number of methoxy groups -OCH3 is 1. The van der Waals surface area contributed by atoms with Gasteiger partial charge in [-0.2, -0.15) is 0 Å². The number of carbonyl (C=O) groups excluding carboxylic acids is 1. The fraction of sp³-hybridized carbons (Fsp3) is 0.462. The molecule has 0 radical (unpaired) electrons. The molecule has 0 saturated heterocycles. The number of rotatable bonds is 4. The predicted octanol–water partition coefficient (Wildman–Crippen LogP) is 1.28. The fourth-order valence-corrected chi connectivity index (χ4v) is 1.92. The van der Waals surface area contributed by atoms with Crippen LogP contribution in [0.3, 0.4) is 0 Å². The second kappa shape index (κ2) is 5.27. The number of esters is 1. The van der Waals surface area contributed by atoms with E-state index in [0.717, 1.165) is 11.3 Å². The number of hydrogen-bond acceptors (Lipinski definition) is 5. The Labute approximate surface area is 106 Å². The van der Waals surface area contributed by atoms with E-state index in [1.54, 1.807) is 13.0 Å². The van der Waals surface area contributed by atoms with Crippen LogP contribution in [0.15, 0.2) is 18.2 Å². The van der Waals surface area contributed by atoms with Gasteiger partial charge in [0, 0.05) is 11.6 Å². The first kappa shape index (κ1) is 12.7. The van der Waals surface area contributed by atoms with Crippen molar-refractivity contribution in [2.24, 2.45) is 0 Å². The van der Waals surface area contributed by atoms with Gasteiger partial charge in [-0.3, -0.25) is 0 Å². The maximum atomic E-state index is 11.3. The molecular weight excluding hydrogens is 234 g/mol. The summed E-state index contributed by atoms with van der Waals surface area (Å²) in [6.07, 6.45) is -0.630. The van der Waals surface area contributed by atoms with Gasteiger partial charge < -0.3 is 19.5 Å². The summed E-state index contributed by atoms with van der Waals surface area (Å²) < 4.78 is 15.6. The summed E-state index contributed by atoms with van der Waals surface area (Å²) in [4.78, 5) is 11.3. The molecule has 0 fully saturated rings. The first-order chi connectivity index (χ1) is 8.65. The maximum absolute atomic E-state index is 11.3. The molecule has 0 aliphatic carbocycles. The van der Waals surface area contributed by atoms with Gasteiger partial charge in [-0.1, -0.05) is 0 Å². The minimum atomic E-state index is -0.630. The van der Waals surface area contributed by atoms with E-state index >= 15 is 0 Å². The van der Waals surface area contributed by atoms with Crippen LogP contribution in [0.4, 0.5) is 0 Å². The molecule has 1 N–H and O–H groups in total. The van der Waals surface area contributed by atoms with Gasteiger partial charge in [-0.25, -0.2) is 4.79 Å². The van der Waals surface area contributed by atoms with E-state index in [9.17, 15) is 4.79 Å². The van der Waals surface area contributed by atoms with Gasteiger partial charge in [0.15, 0.2) is 6.10 Å². The molecule has 0 saturated carbocycles. The second-order valence-corrected chi connectivity index (χ2v) is 4.14. The summed E-state index contributed by atoms with van der Waals surface area (Å²) >= 11 is 0. The lowest BCUT2D eigenvalue weighted by atomic mass is 10.1. The van der Waals surface area contributed by atoms with E-state index in [0.29, 0.717) is 12.4 Å². The Kier molecular flexibility index (Phi) is 3.72. The molecule has 1 aromatic carbocycles. The Balaban J connectivity index is 2.11. The van der Waals surface area contributed by atoms with Gasteiger partial charge in [0.2, 0.25) is 0 Å². The zero-order valence-electron chi connectivity index (χ0n) is 10.7. The van der Waals surface area contributed by atoms with E-state index in [2.05, 4.69) is 10.1 Å². The van der Waals surface area contributed by atoms with Crippen molar-refractivity contribution in [3.63, 3.8) is 0 Å². The number of ether oxygens (including phenoxy) is 3. The molecule has 1 heterocycles. The highest BCUT2D eigenvalue weighted by Gasteiger charge is 2.23. The van der Waals surface area contributed by atoms with Crippen LogP contribution < -0.4 is 14.8 Å². The topological polar surface area (TPSA) is 56.8 Å². The fourth-order valence-electron chi connectivity index (χ4n) is 1.92. The van der Waals surface area contributed by atoms with E-state index in [4.69, 9.17) is 9.47 Å². The molecule has 1 aliphatic rings. The minimum Gasteiger partial charge on any atom is -0.491 e. The third kappa shape index (κ3) is 2.41. The average molecular weight is 251 g/mol. The lowest BCUT2D eigenvalue weighted by Gasteiger charge is -2.13. The predicted molar refractivity (Wildman–Crippen MR) is 65.8 cm³/mol. The quantitative estimate of drug-likeness (QED) is 0.817. The first-order valence-electron chi connectivity index (χ1n) is 5.84. The molecular formula is C13H17NO4. The molecule has 5 heteroatoms. The van der Waals surface area contributed by atoms with Gasteiger partial charge in [0.25, 0.3) is 0 Å². The highest BCUT2D eigenvalue weighted by molar-refractivity contribution is 5.74. The number of fused-ring (bicyclic) bond motifs is 1. The van der Waals surface area contributed by atoms with Crippen molar-refractivity contribution in [1.82, 2.24) is 5.32 Å². The third-order valence-electron chi connectivity index (χ3n) is 2.96. The number of benzene rings is 1. The van der Waals surface area contributed by atoms with Gasteiger partial charge in [-0.15, -0.1) is 0 Å². The van der Waals surface area contributed by atoms with Crippen LogP contribution in [-0.2, 0) is 9.53 Å². The Morgan fingerprint density at radius 2 is 2.33 bits per heavy atom. The van der Waals surface area contributed by atoms with Crippen LogP contribution in [0.25, 0.3) is 0 Å². The van der Waals surface area contributed by atoms with E-state index in [-0.39, 0.29) is 6.04 Å². The van der Waals surface area contributed by atoms with Gasteiger partial charge in [-0.05, 0) is 26.1 Å². The molecule has 0 amide bonds. The highest BCUT2D eigenvalue weighted by Crippen LogP contribution is 2.35. The van der Waals surface area contributed by atoms with Crippen molar-refractivity contribution in [3.05, 3.63) is 23.8 Å². The van der Waals surface area contributed by atoms with Crippen LogP contribution in [0.1, 0.15) is 18.5 Å². The molecule has 2 unspecified atom stereocenters. The van der Waals surface area contributed by atoms with Crippen molar-refractivity contribution in [2.75, 3.05) is 20.8 Å². The maximum Gasteiger partial charge on any atom is 0.346 e. The summed E-state index contributed by atoms with van der Waals surface area (Å²) in [6, 6.07) is 5.79. The molecule has 2 rings (SSSR count). The van der Waals surface area contributed by atoms with Crippen molar-refractivity contribution in [2.45, 2.75) is 19.1 Å². The summed E-state index contributed by atoms with van der Waals surface area (Å²) in [7, 11) is 3.23. The normalized spacial score (nSPS) is 18.7. The van der Waals surface area contributed by atoms with E-state index in [1.807, 2.05) is 19.2 Å². The Hall–Kier alpha value is -1.75. The van der Waals surface area contributed by atoms with Gasteiger partial charge in [0.1, 0.15) is 18.1 Å². The molecule has 0 aromatic heterocycles. The van der Waals surface area contributed by atoms with Crippen LogP contribution in [0.2, 0.25) is 0 Å². The minimum absolute atomic E-state index is 0.215. The summed E-state index contributed by atoms with van der Waals surface area (Å²) in [6.45, 7) is 2.26. The van der Waals surface area contributed by atoms with Crippen LogP contribution in [-0.4, -0.2) is 32.8 Å². The molecule has 1 aromatic rings. The van der Waals surface area contributed by atoms with Gasteiger partial charge in [0.05, 0.1) is 13.2 Å². The first-order valence-corrected chi connectivity index (χ1v) is 5.84. The molecule has 18 heavy (non-hydrogen) atoms. The van der Waals surface area contributed by atoms with Gasteiger partial charge >= 0.3 is 5.97 Å². The summed E-state index contributed by atoms with van der Waals surface area (Å²) in [5.41, 5.74) is 1.11. The van der Waals surface area contributed by atoms with Crippen molar-refractivity contribution >= 4 is 5.97 Å². The molecule has 2 atom stereocenters. The van der Waals surface area contributed by atoms with E-state index in [1.165, 1.54) is 7.11 Å². The molecule has 98 valence electrons. The molecule has 0 spiro atoms. The van der Waals surface area contributed by atoms with Crippen molar-refractivity contribution < 1.29 is 19.0 Å². The summed E-state index contributed by atoms with van der Waals surface area (Å²) in [5.74, 6) is 0.997. The lowest BCUT2D eigenvalue weighted by Crippen LogP contribution is -2.24. The highest BCUT2D eigenvalue weighted by atomic mass is 16.6. The Bertz CT molecular complexity index is 447. The second-order valence-electron chi connectivity index (χ2n) is 4.14. The van der Waals surface area contributed by atoms with Crippen molar-refractivity contribution in [3.8, 4) is 11.5 Å². The molecule has 1 aliphatic heterocycles. The number of carbonyl (C=O) groups is 1. The zero-order chi connectivity index (χ0) is 13.1. The number of nitrogens with one attached hydrogen (secondary N) is 1. The summed E-state index contributed by atoms with van der Waals surface area (Å²) in [5, 5.41) is 3.17. The van der Waals surface area contributed by atoms with E-state index < -0.39 is 12.1 Å². The smallest absolute Gasteiger partial charge is 0.346 e. The van der Waals surface area contributed by atoms with Crippen LogP contribution in [0.5, 0.6) is 11.5 Å². The largest absolute Gasteiger partial charge is 0.491 e. The van der Waals surface area contributed by atoms with Crippen molar-refractivity contribution in [1.29, 1.82) is 0 Å². The zero-order valence-corrected chi connectivity index (χ0v) is 10.7. The van der Waals surface area contributed by atoms with Crippen LogP contribution >= 0.6 is 0 Å². The number of hydrogen-bond donors (Lipinski definition) is 1.